The number of nitriles is 1. The summed E-state index contributed by atoms with van der Waals surface area (Å²) in [6.45, 7) is 2.62. The van der Waals surface area contributed by atoms with Crippen molar-refractivity contribution in [2.24, 2.45) is 0 Å². The molecule has 1 aliphatic heterocycles. The molecular weight excluding hydrogens is 235 g/mol. The lowest BCUT2D eigenvalue weighted by Crippen LogP contribution is -2.45. The molecule has 0 aromatic heterocycles. The van der Waals surface area contributed by atoms with Gasteiger partial charge in [0.25, 0.3) is 5.91 Å². The van der Waals surface area contributed by atoms with E-state index in [1.807, 2.05) is 6.07 Å². The van der Waals surface area contributed by atoms with Crippen LogP contribution in [0.25, 0.3) is 0 Å². The number of amides is 1. The molecule has 0 radical (unpaired) electrons. The minimum atomic E-state index is -0.599. The highest BCUT2D eigenvalue weighted by molar-refractivity contribution is 5.94. The maximum atomic E-state index is 13.4. The zero-order chi connectivity index (χ0) is 13.1. The molecule has 1 amide bonds. The minimum Gasteiger partial charge on any atom is -0.360 e. The normalized spacial score (nSPS) is 19.4. The second kappa shape index (κ2) is 5.15. The Kier molecular flexibility index (Phi) is 3.58. The van der Waals surface area contributed by atoms with Crippen molar-refractivity contribution in [3.63, 3.8) is 0 Å². The van der Waals surface area contributed by atoms with Gasteiger partial charge < -0.3 is 9.64 Å². The molecule has 0 N–H and O–H groups in total. The Bertz CT molecular complexity index is 510. The Hall–Kier alpha value is -1.93. The molecule has 1 saturated heterocycles. The maximum absolute atomic E-state index is 13.4. The lowest BCUT2D eigenvalue weighted by Gasteiger charge is -2.29. The maximum Gasteiger partial charge on any atom is 0.254 e. The van der Waals surface area contributed by atoms with Crippen LogP contribution in [0.3, 0.4) is 0 Å². The first kappa shape index (κ1) is 12.5. The Morgan fingerprint density at radius 1 is 1.61 bits per heavy atom. The van der Waals surface area contributed by atoms with Crippen LogP contribution in [0, 0.1) is 24.1 Å². The van der Waals surface area contributed by atoms with Crippen LogP contribution in [0.2, 0.25) is 0 Å². The van der Waals surface area contributed by atoms with Crippen molar-refractivity contribution in [1.29, 1.82) is 5.26 Å². The zero-order valence-electron chi connectivity index (χ0n) is 10.0. The molecule has 1 aromatic rings. The van der Waals surface area contributed by atoms with Gasteiger partial charge in [0.15, 0.2) is 6.10 Å². The molecule has 1 atom stereocenters. The monoisotopic (exact) mass is 248 g/mol. The third kappa shape index (κ3) is 2.49. The number of nitrogens with zero attached hydrogens (tertiary/aromatic N) is 2. The molecule has 94 valence electrons. The van der Waals surface area contributed by atoms with Crippen molar-refractivity contribution in [2.75, 3.05) is 19.7 Å². The summed E-state index contributed by atoms with van der Waals surface area (Å²) in [6.07, 6.45) is -0.599. The summed E-state index contributed by atoms with van der Waals surface area (Å²) < 4.78 is 18.6. The van der Waals surface area contributed by atoms with Crippen LogP contribution in [0.5, 0.6) is 0 Å². The second-order valence-corrected chi connectivity index (χ2v) is 4.20. The van der Waals surface area contributed by atoms with Gasteiger partial charge in [0, 0.05) is 12.1 Å². The molecule has 5 heteroatoms. The number of hydrogen-bond acceptors (Lipinski definition) is 3. The van der Waals surface area contributed by atoms with Gasteiger partial charge >= 0.3 is 0 Å². The smallest absolute Gasteiger partial charge is 0.254 e. The summed E-state index contributed by atoms with van der Waals surface area (Å²) in [6, 6.07) is 6.37. The van der Waals surface area contributed by atoms with E-state index < -0.39 is 11.9 Å². The first-order chi connectivity index (χ1) is 8.61. The van der Waals surface area contributed by atoms with E-state index in [9.17, 15) is 9.18 Å². The van der Waals surface area contributed by atoms with Gasteiger partial charge in [-0.05, 0) is 24.6 Å². The fourth-order valence-electron chi connectivity index (χ4n) is 1.82. The van der Waals surface area contributed by atoms with Gasteiger partial charge in [-0.25, -0.2) is 4.39 Å². The minimum absolute atomic E-state index is 0.227. The summed E-state index contributed by atoms with van der Waals surface area (Å²) >= 11 is 0. The summed E-state index contributed by atoms with van der Waals surface area (Å²) in [5.74, 6) is -0.664. The van der Waals surface area contributed by atoms with Crippen LogP contribution < -0.4 is 0 Å². The standard InChI is InChI=1S/C13H13FN2O2/c1-9-2-3-10(6-12(9)14)13(17)16-4-5-18-11(7-15)8-16/h2-3,6,11H,4-5,8H2,1H3. The number of hydrogen-bond donors (Lipinski definition) is 0. The quantitative estimate of drug-likeness (QED) is 0.756. The molecule has 18 heavy (non-hydrogen) atoms. The molecule has 1 heterocycles. The van der Waals surface area contributed by atoms with Crippen LogP contribution >= 0.6 is 0 Å². The van der Waals surface area contributed by atoms with Gasteiger partial charge in [-0.15, -0.1) is 0 Å². The van der Waals surface area contributed by atoms with Gasteiger partial charge in [-0.3, -0.25) is 4.79 Å². The Balaban J connectivity index is 2.15. The number of morpholine rings is 1. The lowest BCUT2D eigenvalue weighted by atomic mass is 10.1. The van der Waals surface area contributed by atoms with E-state index in [-0.39, 0.29) is 12.5 Å². The summed E-state index contributed by atoms with van der Waals surface area (Å²) in [5.41, 5.74) is 0.806. The average molecular weight is 248 g/mol. The van der Waals surface area contributed by atoms with Crippen molar-refractivity contribution in [3.8, 4) is 6.07 Å². The molecule has 0 saturated carbocycles. The van der Waals surface area contributed by atoms with Crippen molar-refractivity contribution < 1.29 is 13.9 Å². The highest BCUT2D eigenvalue weighted by atomic mass is 19.1. The van der Waals surface area contributed by atoms with Crippen molar-refractivity contribution in [3.05, 3.63) is 35.1 Å². The summed E-state index contributed by atoms with van der Waals surface area (Å²) in [4.78, 5) is 13.6. The van der Waals surface area contributed by atoms with Gasteiger partial charge in [-0.2, -0.15) is 5.26 Å². The van der Waals surface area contributed by atoms with E-state index >= 15 is 0 Å². The predicted molar refractivity (Wildman–Crippen MR) is 62.4 cm³/mol. The number of halogens is 1. The van der Waals surface area contributed by atoms with E-state index in [0.717, 1.165) is 0 Å². The molecule has 1 aliphatic rings. The average Bonchev–Trinajstić information content (AvgIpc) is 2.41. The fraction of sp³-hybridized carbons (Fsp3) is 0.385. The van der Waals surface area contributed by atoms with Gasteiger partial charge in [0.05, 0.1) is 19.2 Å². The van der Waals surface area contributed by atoms with E-state index in [1.54, 1.807) is 19.1 Å². The number of benzene rings is 1. The van der Waals surface area contributed by atoms with Crippen molar-refractivity contribution >= 4 is 5.91 Å². The number of carbonyl (C=O) groups excluding carboxylic acids is 1. The fourth-order valence-corrected chi connectivity index (χ4v) is 1.82. The van der Waals surface area contributed by atoms with E-state index in [4.69, 9.17) is 10.00 Å². The number of aryl methyl sites for hydroxylation is 1. The molecule has 4 nitrogen and oxygen atoms in total. The third-order valence-corrected chi connectivity index (χ3v) is 2.92. The number of carbonyl (C=O) groups is 1. The first-order valence-corrected chi connectivity index (χ1v) is 5.68. The van der Waals surface area contributed by atoms with Gasteiger partial charge in [-0.1, -0.05) is 6.07 Å². The lowest BCUT2D eigenvalue weighted by molar-refractivity contribution is 0.00345. The van der Waals surface area contributed by atoms with Crippen molar-refractivity contribution in [2.45, 2.75) is 13.0 Å². The summed E-state index contributed by atoms with van der Waals surface area (Å²) in [7, 11) is 0. The Morgan fingerprint density at radius 3 is 3.06 bits per heavy atom. The van der Waals surface area contributed by atoms with Crippen LogP contribution in [-0.4, -0.2) is 36.6 Å². The number of ether oxygens (including phenoxy) is 1. The molecular formula is C13H13FN2O2. The molecule has 1 aromatic carbocycles. The van der Waals surface area contributed by atoms with E-state index in [1.165, 1.54) is 11.0 Å². The molecule has 0 aliphatic carbocycles. The molecule has 1 fully saturated rings. The van der Waals surface area contributed by atoms with Gasteiger partial charge in [0.2, 0.25) is 0 Å². The molecule has 0 bridgehead atoms. The zero-order valence-corrected chi connectivity index (χ0v) is 10.0. The predicted octanol–water partition coefficient (Wildman–Crippen LogP) is 1.50. The first-order valence-electron chi connectivity index (χ1n) is 5.68. The number of rotatable bonds is 1. The second-order valence-electron chi connectivity index (χ2n) is 4.20. The SMILES string of the molecule is Cc1ccc(C(=O)N2CCOC(C#N)C2)cc1F. The van der Waals surface area contributed by atoms with E-state index in [2.05, 4.69) is 0 Å². The van der Waals surface area contributed by atoms with E-state index in [0.29, 0.717) is 24.3 Å². The highest BCUT2D eigenvalue weighted by Crippen LogP contribution is 2.14. The summed E-state index contributed by atoms with van der Waals surface area (Å²) in [5, 5.41) is 8.77. The highest BCUT2D eigenvalue weighted by Gasteiger charge is 2.25. The largest absolute Gasteiger partial charge is 0.360 e. The van der Waals surface area contributed by atoms with Crippen LogP contribution in [0.15, 0.2) is 18.2 Å². The van der Waals surface area contributed by atoms with Crippen molar-refractivity contribution in [1.82, 2.24) is 4.90 Å². The molecule has 0 spiro atoms. The Morgan fingerprint density at radius 2 is 2.39 bits per heavy atom. The third-order valence-electron chi connectivity index (χ3n) is 2.92. The van der Waals surface area contributed by atoms with Crippen LogP contribution in [-0.2, 0) is 4.74 Å². The van der Waals surface area contributed by atoms with Gasteiger partial charge in [0.1, 0.15) is 5.82 Å². The topological polar surface area (TPSA) is 53.3 Å². The molecule has 2 rings (SSSR count). The van der Waals surface area contributed by atoms with Crippen LogP contribution in [0.1, 0.15) is 15.9 Å². The Labute approximate surface area is 105 Å². The van der Waals surface area contributed by atoms with Crippen LogP contribution in [0.4, 0.5) is 4.39 Å². The molecule has 1 unspecified atom stereocenters.